The monoisotopic (exact) mass is 340 g/mol. The normalized spacial score (nSPS) is 11.3. The zero-order valence-electron chi connectivity index (χ0n) is 12.4. The molecule has 0 aliphatic rings. The van der Waals surface area contributed by atoms with Crippen molar-refractivity contribution in [1.29, 1.82) is 0 Å². The predicted octanol–water partition coefficient (Wildman–Crippen LogP) is 4.61. The lowest BCUT2D eigenvalue weighted by Gasteiger charge is -2.12. The fourth-order valence-electron chi connectivity index (χ4n) is 1.98. The molecule has 1 heterocycles. The van der Waals surface area contributed by atoms with E-state index in [2.05, 4.69) is 10.3 Å². The van der Waals surface area contributed by atoms with Gasteiger partial charge in [0.15, 0.2) is 0 Å². The van der Waals surface area contributed by atoms with Crippen molar-refractivity contribution < 1.29 is 18.0 Å². The number of alkyl halides is 3. The molecular weight excluding hydrogens is 325 g/mol. The van der Waals surface area contributed by atoms with Gasteiger partial charge in [0.1, 0.15) is 0 Å². The van der Waals surface area contributed by atoms with Crippen LogP contribution in [0.1, 0.15) is 28.4 Å². The molecule has 7 heteroatoms. The third-order valence-electron chi connectivity index (χ3n) is 3.03. The SMILES string of the molecule is CCSCc1cccc(NC(=O)c2ccncc2C(F)(F)F)c1. The molecule has 1 aromatic heterocycles. The Hall–Kier alpha value is -2.02. The van der Waals surface area contributed by atoms with Gasteiger partial charge in [-0.2, -0.15) is 24.9 Å². The van der Waals surface area contributed by atoms with Crippen molar-refractivity contribution >= 4 is 23.4 Å². The van der Waals surface area contributed by atoms with Crippen LogP contribution in [0.15, 0.2) is 42.7 Å². The molecule has 0 aliphatic carbocycles. The molecule has 0 unspecified atom stereocenters. The minimum atomic E-state index is -4.62. The molecule has 23 heavy (non-hydrogen) atoms. The van der Waals surface area contributed by atoms with Crippen LogP contribution in [0.3, 0.4) is 0 Å². The van der Waals surface area contributed by atoms with E-state index in [1.54, 1.807) is 30.0 Å². The third kappa shape index (κ3) is 4.72. The molecule has 1 aromatic carbocycles. The highest BCUT2D eigenvalue weighted by Gasteiger charge is 2.35. The topological polar surface area (TPSA) is 42.0 Å². The average molecular weight is 340 g/mol. The quantitative estimate of drug-likeness (QED) is 0.864. The molecule has 0 radical (unpaired) electrons. The number of amides is 1. The number of nitrogens with zero attached hydrogens (tertiary/aromatic N) is 1. The average Bonchev–Trinajstić information content (AvgIpc) is 2.52. The molecule has 0 saturated heterocycles. The summed E-state index contributed by atoms with van der Waals surface area (Å²) in [5, 5.41) is 2.51. The Morgan fingerprint density at radius 1 is 1.30 bits per heavy atom. The van der Waals surface area contributed by atoms with Gasteiger partial charge >= 0.3 is 6.18 Å². The Morgan fingerprint density at radius 2 is 2.09 bits per heavy atom. The number of nitrogens with one attached hydrogen (secondary N) is 1. The Balaban J connectivity index is 2.20. The number of halogens is 3. The molecule has 0 fully saturated rings. The van der Waals surface area contributed by atoms with Crippen LogP contribution < -0.4 is 5.32 Å². The highest BCUT2D eigenvalue weighted by atomic mass is 32.2. The molecule has 0 atom stereocenters. The molecule has 1 amide bonds. The Bertz CT molecular complexity index is 689. The van der Waals surface area contributed by atoms with Crippen molar-refractivity contribution in [2.24, 2.45) is 0 Å². The van der Waals surface area contributed by atoms with E-state index in [0.29, 0.717) is 11.9 Å². The van der Waals surface area contributed by atoms with Gasteiger partial charge in [-0.3, -0.25) is 9.78 Å². The number of hydrogen-bond donors (Lipinski definition) is 1. The molecule has 0 spiro atoms. The number of rotatable bonds is 5. The van der Waals surface area contributed by atoms with Crippen LogP contribution in [0, 0.1) is 0 Å². The van der Waals surface area contributed by atoms with Crippen molar-refractivity contribution in [2.75, 3.05) is 11.1 Å². The number of carbonyl (C=O) groups excluding carboxylic acids is 1. The highest BCUT2D eigenvalue weighted by Crippen LogP contribution is 2.31. The van der Waals surface area contributed by atoms with Crippen LogP contribution >= 0.6 is 11.8 Å². The molecular formula is C16H15F3N2OS. The second-order valence-electron chi connectivity index (χ2n) is 4.71. The summed E-state index contributed by atoms with van der Waals surface area (Å²) < 4.78 is 38.8. The Labute approximate surface area is 136 Å². The number of benzene rings is 1. The fraction of sp³-hybridized carbons (Fsp3) is 0.250. The number of pyridine rings is 1. The van der Waals surface area contributed by atoms with Crippen molar-refractivity contribution in [3.05, 3.63) is 59.4 Å². The summed E-state index contributed by atoms with van der Waals surface area (Å²) in [6, 6.07) is 8.14. The molecule has 0 saturated carbocycles. The zero-order chi connectivity index (χ0) is 16.9. The minimum absolute atomic E-state index is 0.444. The summed E-state index contributed by atoms with van der Waals surface area (Å²) in [6.07, 6.45) is -2.80. The van der Waals surface area contributed by atoms with Crippen LogP contribution in [0.2, 0.25) is 0 Å². The van der Waals surface area contributed by atoms with Crippen molar-refractivity contribution in [2.45, 2.75) is 18.9 Å². The van der Waals surface area contributed by atoms with Crippen LogP contribution in [0.4, 0.5) is 18.9 Å². The first kappa shape index (κ1) is 17.3. The second kappa shape index (κ2) is 7.50. The van der Waals surface area contributed by atoms with E-state index in [1.807, 2.05) is 13.0 Å². The van der Waals surface area contributed by atoms with Crippen molar-refractivity contribution in [1.82, 2.24) is 4.98 Å². The summed E-state index contributed by atoms with van der Waals surface area (Å²) in [5.41, 5.74) is -0.0226. The minimum Gasteiger partial charge on any atom is -0.322 e. The number of aromatic nitrogens is 1. The van der Waals surface area contributed by atoms with Crippen molar-refractivity contribution in [3.63, 3.8) is 0 Å². The van der Waals surface area contributed by atoms with Crippen LogP contribution in [-0.4, -0.2) is 16.6 Å². The van der Waals surface area contributed by atoms with E-state index in [0.717, 1.165) is 23.1 Å². The van der Waals surface area contributed by atoms with Crippen LogP contribution in [0.5, 0.6) is 0 Å². The summed E-state index contributed by atoms with van der Waals surface area (Å²) in [7, 11) is 0. The number of carbonyl (C=O) groups is 1. The predicted molar refractivity (Wildman–Crippen MR) is 85.5 cm³/mol. The zero-order valence-corrected chi connectivity index (χ0v) is 13.2. The van der Waals surface area contributed by atoms with Gasteiger partial charge in [0, 0.05) is 23.8 Å². The van der Waals surface area contributed by atoms with Gasteiger partial charge in [-0.05, 0) is 29.5 Å². The fourth-order valence-corrected chi connectivity index (χ4v) is 2.59. The lowest BCUT2D eigenvalue weighted by Crippen LogP contribution is -2.19. The van der Waals surface area contributed by atoms with Gasteiger partial charge in [0.25, 0.3) is 5.91 Å². The molecule has 122 valence electrons. The first-order valence-corrected chi connectivity index (χ1v) is 8.06. The maximum atomic E-state index is 12.9. The number of thioether (sulfide) groups is 1. The number of anilines is 1. The molecule has 1 N–H and O–H groups in total. The maximum absolute atomic E-state index is 12.9. The largest absolute Gasteiger partial charge is 0.418 e. The first-order valence-electron chi connectivity index (χ1n) is 6.91. The summed E-state index contributed by atoms with van der Waals surface area (Å²) >= 11 is 1.72. The van der Waals surface area contributed by atoms with Gasteiger partial charge in [0.2, 0.25) is 0 Å². The summed E-state index contributed by atoms with van der Waals surface area (Å²) in [6.45, 7) is 2.04. The Morgan fingerprint density at radius 3 is 2.78 bits per heavy atom. The van der Waals surface area contributed by atoms with Gasteiger partial charge in [0.05, 0.1) is 11.1 Å². The summed E-state index contributed by atoms with van der Waals surface area (Å²) in [4.78, 5) is 15.6. The molecule has 2 aromatic rings. The van der Waals surface area contributed by atoms with Gasteiger partial charge < -0.3 is 5.32 Å². The third-order valence-corrected chi connectivity index (χ3v) is 3.97. The molecule has 2 rings (SSSR count). The van der Waals surface area contributed by atoms with E-state index in [4.69, 9.17) is 0 Å². The van der Waals surface area contributed by atoms with Crippen LogP contribution in [0.25, 0.3) is 0 Å². The van der Waals surface area contributed by atoms with E-state index in [-0.39, 0.29) is 0 Å². The second-order valence-corrected chi connectivity index (χ2v) is 5.98. The molecule has 0 bridgehead atoms. The van der Waals surface area contributed by atoms with Gasteiger partial charge in [-0.25, -0.2) is 0 Å². The van der Waals surface area contributed by atoms with E-state index in [9.17, 15) is 18.0 Å². The highest BCUT2D eigenvalue weighted by molar-refractivity contribution is 7.98. The standard InChI is InChI=1S/C16H15F3N2OS/c1-2-23-10-11-4-3-5-12(8-11)21-15(22)13-6-7-20-9-14(13)16(17,18)19/h3-9H,2,10H2,1H3,(H,21,22). The Kier molecular flexibility index (Phi) is 5.65. The van der Waals surface area contributed by atoms with E-state index >= 15 is 0 Å². The van der Waals surface area contributed by atoms with Crippen LogP contribution in [-0.2, 0) is 11.9 Å². The number of hydrogen-bond acceptors (Lipinski definition) is 3. The lowest BCUT2D eigenvalue weighted by atomic mass is 10.1. The van der Waals surface area contributed by atoms with Gasteiger partial charge in [-0.15, -0.1) is 0 Å². The maximum Gasteiger partial charge on any atom is 0.418 e. The van der Waals surface area contributed by atoms with Crippen molar-refractivity contribution in [3.8, 4) is 0 Å². The smallest absolute Gasteiger partial charge is 0.322 e. The molecule has 3 nitrogen and oxygen atoms in total. The first-order chi connectivity index (χ1) is 10.9. The summed E-state index contributed by atoms with van der Waals surface area (Å²) in [5.74, 6) is 0.936. The van der Waals surface area contributed by atoms with E-state index in [1.165, 1.54) is 6.20 Å². The lowest BCUT2D eigenvalue weighted by molar-refractivity contribution is -0.138. The van der Waals surface area contributed by atoms with Gasteiger partial charge in [-0.1, -0.05) is 19.1 Å². The molecule has 0 aliphatic heterocycles. The van der Waals surface area contributed by atoms with E-state index < -0.39 is 23.2 Å².